The van der Waals surface area contributed by atoms with E-state index in [9.17, 15) is 14.7 Å². The van der Waals surface area contributed by atoms with Gasteiger partial charge in [-0.2, -0.15) is 0 Å². The van der Waals surface area contributed by atoms with Crippen molar-refractivity contribution in [2.45, 2.75) is 56.8 Å². The maximum Gasteiger partial charge on any atom is 0.312 e. The molecule has 0 heterocycles. The molecule has 1 aromatic rings. The van der Waals surface area contributed by atoms with E-state index in [1.807, 2.05) is 18.2 Å². The van der Waals surface area contributed by atoms with Gasteiger partial charge in [0.05, 0.1) is 26.7 Å². The Labute approximate surface area is 150 Å². The lowest BCUT2D eigenvalue weighted by atomic mass is 9.57. The second-order valence-corrected chi connectivity index (χ2v) is 12.9. The maximum absolute atomic E-state index is 13.0. The number of esters is 1. The van der Waals surface area contributed by atoms with Crippen molar-refractivity contribution in [1.29, 1.82) is 0 Å². The number of aliphatic hydroxyl groups excluding tert-OH is 1. The lowest BCUT2D eigenvalue weighted by Gasteiger charge is -2.55. The molecule has 0 amide bonds. The summed E-state index contributed by atoms with van der Waals surface area (Å²) in [6, 6.07) is 10.3. The molecule has 2 aliphatic rings. The molecule has 4 atom stereocenters. The second kappa shape index (κ2) is 6.69. The highest BCUT2D eigenvalue weighted by molar-refractivity contribution is 6.91. The van der Waals surface area contributed by atoms with E-state index in [4.69, 9.17) is 4.74 Å². The topological polar surface area (TPSA) is 63.6 Å². The lowest BCUT2D eigenvalue weighted by Crippen LogP contribution is -2.62. The number of aliphatic hydroxyl groups is 1. The summed E-state index contributed by atoms with van der Waals surface area (Å²) in [6.45, 7) is 4.49. The first-order chi connectivity index (χ1) is 11.8. The number of ether oxygens (including phenoxy) is 1. The fourth-order valence-electron chi connectivity index (χ4n) is 5.38. The van der Waals surface area contributed by atoms with Gasteiger partial charge in [0.15, 0.2) is 0 Å². The van der Waals surface area contributed by atoms with E-state index in [-0.39, 0.29) is 23.2 Å². The molecule has 5 heteroatoms. The monoisotopic (exact) mass is 360 g/mol. The Hall–Kier alpha value is -1.46. The number of benzene rings is 1. The Morgan fingerprint density at radius 3 is 2.56 bits per heavy atom. The summed E-state index contributed by atoms with van der Waals surface area (Å²) in [4.78, 5) is 25.6. The summed E-state index contributed by atoms with van der Waals surface area (Å²) in [6.07, 6.45) is 2.30. The van der Waals surface area contributed by atoms with E-state index in [2.05, 4.69) is 25.2 Å². The molecule has 25 heavy (non-hydrogen) atoms. The van der Waals surface area contributed by atoms with E-state index in [1.54, 1.807) is 0 Å². The van der Waals surface area contributed by atoms with Crippen LogP contribution >= 0.6 is 0 Å². The molecule has 0 saturated heterocycles. The zero-order valence-corrected chi connectivity index (χ0v) is 16.3. The zero-order valence-electron chi connectivity index (χ0n) is 15.3. The van der Waals surface area contributed by atoms with Crippen LogP contribution in [-0.4, -0.2) is 38.1 Å². The van der Waals surface area contributed by atoms with Crippen LogP contribution in [0.2, 0.25) is 18.6 Å². The number of ketones is 1. The normalized spacial score (nSPS) is 32.8. The minimum atomic E-state index is -2.14. The molecule has 1 aromatic carbocycles. The van der Waals surface area contributed by atoms with Gasteiger partial charge in [0.25, 0.3) is 0 Å². The Balaban J connectivity index is 2.14. The van der Waals surface area contributed by atoms with Crippen LogP contribution < -0.4 is 5.19 Å². The van der Waals surface area contributed by atoms with Gasteiger partial charge in [-0.15, -0.1) is 0 Å². The first-order valence-electron chi connectivity index (χ1n) is 9.17. The summed E-state index contributed by atoms with van der Waals surface area (Å²) in [7, 11) is -0.712. The molecular formula is C20H28O4Si. The molecule has 136 valence electrons. The second-order valence-electron chi connectivity index (χ2n) is 8.19. The van der Waals surface area contributed by atoms with Gasteiger partial charge in [-0.3, -0.25) is 9.59 Å². The third-order valence-electron chi connectivity index (χ3n) is 6.67. The standard InChI is InChI=1S/C20H28O4Si/c1-24-19(23)20-11-7-10-17(22)16(20)12-14(21)13-18(20)25(2,3)15-8-5-4-6-9-15/h4-6,8-9,16-18,22H,7,10-13H2,1-3H3/t16-,17?,18-,20+/m0/s1. The lowest BCUT2D eigenvalue weighted by molar-refractivity contribution is -0.170. The van der Waals surface area contributed by atoms with Crippen molar-refractivity contribution in [2.75, 3.05) is 7.11 Å². The third-order valence-corrected chi connectivity index (χ3v) is 11.0. The average Bonchev–Trinajstić information content (AvgIpc) is 2.62. The van der Waals surface area contributed by atoms with Crippen molar-refractivity contribution in [3.8, 4) is 0 Å². The molecule has 1 N–H and O–H groups in total. The van der Waals surface area contributed by atoms with Crippen molar-refractivity contribution >= 4 is 25.0 Å². The summed E-state index contributed by atoms with van der Waals surface area (Å²) < 4.78 is 5.26. The van der Waals surface area contributed by atoms with Crippen molar-refractivity contribution in [1.82, 2.24) is 0 Å². The van der Waals surface area contributed by atoms with Gasteiger partial charge in [-0.25, -0.2) is 0 Å². The van der Waals surface area contributed by atoms with Gasteiger partial charge >= 0.3 is 5.97 Å². The van der Waals surface area contributed by atoms with E-state index in [0.29, 0.717) is 25.7 Å². The van der Waals surface area contributed by atoms with Crippen LogP contribution in [0.3, 0.4) is 0 Å². The van der Waals surface area contributed by atoms with Crippen molar-refractivity contribution in [3.05, 3.63) is 30.3 Å². The van der Waals surface area contributed by atoms with Crippen LogP contribution in [0.1, 0.15) is 32.1 Å². The molecule has 2 saturated carbocycles. The van der Waals surface area contributed by atoms with Gasteiger partial charge < -0.3 is 9.84 Å². The van der Waals surface area contributed by atoms with Gasteiger partial charge in [0.1, 0.15) is 5.78 Å². The first kappa shape index (κ1) is 18.3. The summed E-state index contributed by atoms with van der Waals surface area (Å²) in [5.41, 5.74) is -0.776. The summed E-state index contributed by atoms with van der Waals surface area (Å²) in [5, 5.41) is 11.9. The third kappa shape index (κ3) is 2.87. The predicted molar refractivity (Wildman–Crippen MR) is 99.3 cm³/mol. The molecule has 0 bridgehead atoms. The van der Waals surface area contributed by atoms with Crippen molar-refractivity contribution in [2.24, 2.45) is 11.3 Å². The van der Waals surface area contributed by atoms with E-state index >= 15 is 0 Å². The van der Waals surface area contributed by atoms with Crippen LogP contribution in [-0.2, 0) is 14.3 Å². The highest BCUT2D eigenvalue weighted by Gasteiger charge is 2.63. The largest absolute Gasteiger partial charge is 0.469 e. The van der Waals surface area contributed by atoms with Crippen LogP contribution in [0.4, 0.5) is 0 Å². The van der Waals surface area contributed by atoms with Crippen molar-refractivity contribution < 1.29 is 19.4 Å². The molecule has 0 aliphatic heterocycles. The number of fused-ring (bicyclic) bond motifs is 1. The minimum absolute atomic E-state index is 0.0453. The van der Waals surface area contributed by atoms with Crippen LogP contribution in [0, 0.1) is 11.3 Å². The molecule has 0 radical (unpaired) electrons. The Morgan fingerprint density at radius 1 is 1.24 bits per heavy atom. The average molecular weight is 361 g/mol. The first-order valence-corrected chi connectivity index (χ1v) is 12.3. The van der Waals surface area contributed by atoms with E-state index in [0.717, 1.165) is 6.42 Å². The number of hydrogen-bond donors (Lipinski definition) is 1. The summed E-state index contributed by atoms with van der Waals surface area (Å²) >= 11 is 0. The quantitative estimate of drug-likeness (QED) is 0.665. The SMILES string of the molecule is COC(=O)[C@]12CCCC(O)[C@@H]1CC(=O)C[C@@H]2[Si](C)(C)c1ccccc1. The summed E-state index contributed by atoms with van der Waals surface area (Å²) in [5.74, 6) is -0.368. The maximum atomic E-state index is 13.0. The highest BCUT2D eigenvalue weighted by Crippen LogP contribution is 2.59. The smallest absolute Gasteiger partial charge is 0.312 e. The Bertz CT molecular complexity index is 657. The molecule has 4 nitrogen and oxygen atoms in total. The number of hydrogen-bond acceptors (Lipinski definition) is 4. The van der Waals surface area contributed by atoms with Gasteiger partial charge in [0, 0.05) is 18.8 Å². The predicted octanol–water partition coefficient (Wildman–Crippen LogP) is 2.66. The number of carbonyl (C=O) groups is 2. The highest BCUT2D eigenvalue weighted by atomic mass is 28.3. The Morgan fingerprint density at radius 2 is 1.92 bits per heavy atom. The molecule has 2 aliphatic carbocycles. The minimum Gasteiger partial charge on any atom is -0.469 e. The molecule has 1 unspecified atom stereocenters. The van der Waals surface area contributed by atoms with Gasteiger partial charge in [0.2, 0.25) is 0 Å². The number of methoxy groups -OCH3 is 1. The molecular weight excluding hydrogens is 332 g/mol. The number of carbonyl (C=O) groups excluding carboxylic acids is 2. The van der Waals surface area contributed by atoms with E-state index in [1.165, 1.54) is 12.3 Å². The molecule has 3 rings (SSSR count). The van der Waals surface area contributed by atoms with Gasteiger partial charge in [-0.05, 0) is 24.8 Å². The van der Waals surface area contributed by atoms with Crippen molar-refractivity contribution in [3.63, 3.8) is 0 Å². The number of Topliss-reactive ketones (excluding diaryl/α,β-unsaturated/α-hetero) is 1. The van der Waals surface area contributed by atoms with Gasteiger partial charge in [-0.1, -0.05) is 48.6 Å². The molecule has 2 fully saturated rings. The van der Waals surface area contributed by atoms with Crippen LogP contribution in [0.15, 0.2) is 30.3 Å². The Kier molecular flexibility index (Phi) is 4.90. The fourth-order valence-corrected chi connectivity index (χ4v) is 9.33. The zero-order chi connectivity index (χ0) is 18.2. The van der Waals surface area contributed by atoms with Crippen LogP contribution in [0.25, 0.3) is 0 Å². The fraction of sp³-hybridized carbons (Fsp3) is 0.600. The van der Waals surface area contributed by atoms with Crippen LogP contribution in [0.5, 0.6) is 0 Å². The number of rotatable bonds is 3. The molecule has 0 spiro atoms. The molecule has 0 aromatic heterocycles. The van der Waals surface area contributed by atoms with E-state index < -0.39 is 19.6 Å².